The molecule has 82 valence electrons. The molecule has 1 atom stereocenters. The van der Waals surface area contributed by atoms with Crippen LogP contribution in [-0.2, 0) is 0 Å². The highest BCUT2D eigenvalue weighted by atomic mass is 79.9. The molecular formula is C11H13BrClNO. The number of benzene rings is 1. The van der Waals surface area contributed by atoms with Gasteiger partial charge >= 0.3 is 0 Å². The van der Waals surface area contributed by atoms with Crippen molar-refractivity contribution in [2.75, 3.05) is 6.61 Å². The Hall–Kier alpha value is -0.0900. The summed E-state index contributed by atoms with van der Waals surface area (Å²) in [5.74, 6) is 0. The minimum Gasteiger partial charge on any atom is -0.394 e. The quantitative estimate of drug-likeness (QED) is 0.894. The van der Waals surface area contributed by atoms with Gasteiger partial charge in [0.2, 0.25) is 0 Å². The van der Waals surface area contributed by atoms with E-state index in [0.717, 1.165) is 10.0 Å². The number of halogens is 2. The van der Waals surface area contributed by atoms with Gasteiger partial charge in [-0.25, -0.2) is 0 Å². The first-order valence-electron chi connectivity index (χ1n) is 5.02. The van der Waals surface area contributed by atoms with E-state index in [1.54, 1.807) is 0 Å². The van der Waals surface area contributed by atoms with E-state index in [4.69, 9.17) is 11.6 Å². The van der Waals surface area contributed by atoms with Crippen molar-refractivity contribution in [1.29, 1.82) is 0 Å². The van der Waals surface area contributed by atoms with Crippen molar-refractivity contribution in [1.82, 2.24) is 5.32 Å². The van der Waals surface area contributed by atoms with Crippen LogP contribution in [0.3, 0.4) is 0 Å². The van der Waals surface area contributed by atoms with Gasteiger partial charge < -0.3 is 10.4 Å². The number of aliphatic hydroxyl groups excluding tert-OH is 1. The molecule has 0 saturated heterocycles. The summed E-state index contributed by atoms with van der Waals surface area (Å²) in [4.78, 5) is 0. The molecule has 4 heteroatoms. The minimum atomic E-state index is -0.0434. The zero-order chi connectivity index (χ0) is 10.8. The first kappa shape index (κ1) is 11.4. The van der Waals surface area contributed by atoms with Crippen LogP contribution in [0, 0.1) is 0 Å². The fraction of sp³-hybridized carbons (Fsp3) is 0.455. The van der Waals surface area contributed by atoms with E-state index in [-0.39, 0.29) is 12.6 Å². The largest absolute Gasteiger partial charge is 0.394 e. The standard InChI is InChI=1S/C11H13BrClNO/c12-7-1-4-9(10(13)5-7)11(6-15)14-8-2-3-8/h1,4-5,8,11,14-15H,2-3,6H2. The Labute approximate surface area is 103 Å². The van der Waals surface area contributed by atoms with Crippen LogP contribution in [0.25, 0.3) is 0 Å². The van der Waals surface area contributed by atoms with Gasteiger partial charge in [0.1, 0.15) is 0 Å². The van der Waals surface area contributed by atoms with Gasteiger partial charge in [0, 0.05) is 15.5 Å². The van der Waals surface area contributed by atoms with Gasteiger partial charge in [0.05, 0.1) is 12.6 Å². The highest BCUT2D eigenvalue weighted by Crippen LogP contribution is 2.29. The molecule has 2 rings (SSSR count). The summed E-state index contributed by atoms with van der Waals surface area (Å²) in [6.45, 7) is 0.0812. The molecule has 0 spiro atoms. The van der Waals surface area contributed by atoms with Crippen molar-refractivity contribution < 1.29 is 5.11 Å². The zero-order valence-electron chi connectivity index (χ0n) is 8.21. The van der Waals surface area contributed by atoms with Crippen molar-refractivity contribution >= 4 is 27.5 Å². The van der Waals surface area contributed by atoms with Crippen LogP contribution in [-0.4, -0.2) is 17.8 Å². The van der Waals surface area contributed by atoms with Gasteiger partial charge in [-0.3, -0.25) is 0 Å². The first-order valence-corrected chi connectivity index (χ1v) is 6.19. The van der Waals surface area contributed by atoms with Crippen molar-refractivity contribution in [3.8, 4) is 0 Å². The number of hydrogen-bond donors (Lipinski definition) is 2. The van der Waals surface area contributed by atoms with Gasteiger partial charge in [-0.05, 0) is 30.5 Å². The Morgan fingerprint density at radius 3 is 2.80 bits per heavy atom. The highest BCUT2D eigenvalue weighted by Gasteiger charge is 2.25. The van der Waals surface area contributed by atoms with Crippen LogP contribution in [0.2, 0.25) is 5.02 Å². The first-order chi connectivity index (χ1) is 7.20. The summed E-state index contributed by atoms with van der Waals surface area (Å²) in [5.41, 5.74) is 0.967. The monoisotopic (exact) mass is 289 g/mol. The molecule has 0 bridgehead atoms. The lowest BCUT2D eigenvalue weighted by atomic mass is 10.1. The van der Waals surface area contributed by atoms with Crippen LogP contribution < -0.4 is 5.32 Å². The van der Waals surface area contributed by atoms with Crippen LogP contribution >= 0.6 is 27.5 Å². The Morgan fingerprint density at radius 1 is 1.53 bits per heavy atom. The maximum Gasteiger partial charge on any atom is 0.0627 e. The Bertz CT molecular complexity index is 354. The summed E-state index contributed by atoms with van der Waals surface area (Å²) in [6, 6.07) is 6.26. The lowest BCUT2D eigenvalue weighted by Gasteiger charge is -2.17. The fourth-order valence-electron chi connectivity index (χ4n) is 1.56. The Balaban J connectivity index is 2.16. The molecule has 1 aliphatic rings. The van der Waals surface area contributed by atoms with Gasteiger partial charge in [-0.15, -0.1) is 0 Å². The summed E-state index contributed by atoms with van der Waals surface area (Å²) in [7, 11) is 0. The smallest absolute Gasteiger partial charge is 0.0627 e. The van der Waals surface area contributed by atoms with E-state index >= 15 is 0 Å². The average Bonchev–Trinajstić information content (AvgIpc) is 2.99. The van der Waals surface area contributed by atoms with Crippen LogP contribution in [0.5, 0.6) is 0 Å². The number of hydrogen-bond acceptors (Lipinski definition) is 2. The SMILES string of the molecule is OCC(NC1CC1)c1ccc(Br)cc1Cl. The molecule has 1 aromatic carbocycles. The molecule has 2 nitrogen and oxygen atoms in total. The molecule has 0 heterocycles. The lowest BCUT2D eigenvalue weighted by molar-refractivity contribution is 0.243. The van der Waals surface area contributed by atoms with Gasteiger partial charge in [-0.1, -0.05) is 33.6 Å². The second-order valence-electron chi connectivity index (χ2n) is 3.84. The predicted octanol–water partition coefficient (Wildman–Crippen LogP) is 2.89. The van der Waals surface area contributed by atoms with Crippen LogP contribution in [0.4, 0.5) is 0 Å². The minimum absolute atomic E-state index is 0.0434. The third-order valence-electron chi connectivity index (χ3n) is 2.53. The van der Waals surface area contributed by atoms with Crippen molar-refractivity contribution in [3.63, 3.8) is 0 Å². The molecule has 15 heavy (non-hydrogen) atoms. The predicted molar refractivity (Wildman–Crippen MR) is 65.1 cm³/mol. The Kier molecular flexibility index (Phi) is 3.67. The molecule has 0 radical (unpaired) electrons. The molecule has 1 fully saturated rings. The summed E-state index contributed by atoms with van der Waals surface area (Å²) in [5, 5.41) is 13.4. The maximum atomic E-state index is 9.32. The summed E-state index contributed by atoms with van der Waals surface area (Å²) < 4.78 is 0.958. The second kappa shape index (κ2) is 4.83. The molecule has 1 unspecified atom stereocenters. The molecule has 1 aliphatic carbocycles. The molecule has 0 aliphatic heterocycles. The molecule has 0 amide bonds. The van der Waals surface area contributed by atoms with Gasteiger partial charge in [0.25, 0.3) is 0 Å². The van der Waals surface area contributed by atoms with Crippen molar-refractivity contribution in [2.45, 2.75) is 24.9 Å². The van der Waals surface area contributed by atoms with Crippen LogP contribution in [0.15, 0.2) is 22.7 Å². The molecule has 2 N–H and O–H groups in total. The van der Waals surface area contributed by atoms with Crippen molar-refractivity contribution in [3.05, 3.63) is 33.3 Å². The second-order valence-corrected chi connectivity index (χ2v) is 5.16. The lowest BCUT2D eigenvalue weighted by Crippen LogP contribution is -2.26. The molecule has 1 aromatic rings. The fourth-order valence-corrected chi connectivity index (χ4v) is 2.36. The normalized spacial score (nSPS) is 17.8. The van der Waals surface area contributed by atoms with Crippen molar-refractivity contribution in [2.24, 2.45) is 0 Å². The number of rotatable bonds is 4. The number of aliphatic hydroxyl groups is 1. The maximum absolute atomic E-state index is 9.32. The molecule has 1 saturated carbocycles. The summed E-state index contributed by atoms with van der Waals surface area (Å²) >= 11 is 9.49. The molecule has 0 aromatic heterocycles. The zero-order valence-corrected chi connectivity index (χ0v) is 10.6. The van der Waals surface area contributed by atoms with Gasteiger partial charge in [-0.2, -0.15) is 0 Å². The third-order valence-corrected chi connectivity index (χ3v) is 3.36. The van der Waals surface area contributed by atoms with E-state index in [1.165, 1.54) is 12.8 Å². The average molecular weight is 291 g/mol. The van der Waals surface area contributed by atoms with E-state index in [1.807, 2.05) is 18.2 Å². The Morgan fingerprint density at radius 2 is 2.27 bits per heavy atom. The van der Waals surface area contributed by atoms with E-state index in [0.29, 0.717) is 11.1 Å². The summed E-state index contributed by atoms with van der Waals surface area (Å²) in [6.07, 6.45) is 2.40. The van der Waals surface area contributed by atoms with Gasteiger partial charge in [0.15, 0.2) is 0 Å². The highest BCUT2D eigenvalue weighted by molar-refractivity contribution is 9.10. The van der Waals surface area contributed by atoms with E-state index in [2.05, 4.69) is 21.2 Å². The van der Waals surface area contributed by atoms with E-state index in [9.17, 15) is 5.11 Å². The third kappa shape index (κ3) is 2.94. The van der Waals surface area contributed by atoms with E-state index < -0.39 is 0 Å². The topological polar surface area (TPSA) is 32.3 Å². The number of nitrogens with one attached hydrogen (secondary N) is 1. The van der Waals surface area contributed by atoms with Crippen LogP contribution in [0.1, 0.15) is 24.4 Å². The molecular weight excluding hydrogens is 277 g/mol.